The number of rotatable bonds is 4. The number of carboxylic acids is 1. The smallest absolute Gasteiger partial charge is 0.397 e. The summed E-state index contributed by atoms with van der Waals surface area (Å²) in [5.41, 5.74) is 4.97. The van der Waals surface area contributed by atoms with Crippen molar-refractivity contribution in [3.05, 3.63) is 0 Å². The van der Waals surface area contributed by atoms with Crippen molar-refractivity contribution in [2.45, 2.75) is 19.1 Å². The van der Waals surface area contributed by atoms with Crippen LogP contribution in [0, 0.1) is 0 Å². The number of aliphatic carboxylic acids is 1. The zero-order valence-corrected chi connectivity index (χ0v) is 6.98. The van der Waals surface area contributed by atoms with Crippen LogP contribution in [0.4, 0.5) is 0 Å². The Bertz CT molecular complexity index is 259. The Morgan fingerprint density at radius 2 is 2.00 bits per heavy atom. The highest BCUT2D eigenvalue weighted by Gasteiger charge is 2.24. The van der Waals surface area contributed by atoms with E-state index in [4.69, 9.17) is 15.4 Å². The first-order chi connectivity index (χ1) is 5.24. The van der Waals surface area contributed by atoms with E-state index in [0.717, 1.165) is 6.92 Å². The highest BCUT2D eigenvalue weighted by Crippen LogP contribution is 2.00. The summed E-state index contributed by atoms with van der Waals surface area (Å²) in [6.45, 7) is 1.12. The second-order valence-electron chi connectivity index (χ2n) is 2.09. The fourth-order valence-corrected chi connectivity index (χ4v) is 0.956. The van der Waals surface area contributed by atoms with Crippen LogP contribution in [-0.2, 0) is 19.4 Å². The summed E-state index contributed by atoms with van der Waals surface area (Å²) in [6, 6.07) is -1.49. The minimum absolute atomic E-state index is 1.12. The van der Waals surface area contributed by atoms with Crippen molar-refractivity contribution in [2.75, 3.05) is 0 Å². The quantitative estimate of drug-likeness (QED) is 0.475. The van der Waals surface area contributed by atoms with Crippen LogP contribution < -0.4 is 5.73 Å². The van der Waals surface area contributed by atoms with E-state index in [9.17, 15) is 13.2 Å². The van der Waals surface area contributed by atoms with E-state index < -0.39 is 28.5 Å². The Labute approximate surface area is 69.1 Å². The molecule has 0 aromatic heterocycles. The van der Waals surface area contributed by atoms with E-state index in [1.165, 1.54) is 0 Å². The molecular formula is C4H9NO6S. The molecule has 0 saturated carbocycles. The molecule has 0 aromatic rings. The van der Waals surface area contributed by atoms with Crippen LogP contribution in [-0.4, -0.2) is 36.2 Å². The van der Waals surface area contributed by atoms with Gasteiger partial charge >= 0.3 is 16.4 Å². The van der Waals surface area contributed by atoms with Gasteiger partial charge in [0.25, 0.3) is 0 Å². The van der Waals surface area contributed by atoms with Crippen LogP contribution in [0.25, 0.3) is 0 Å². The Morgan fingerprint density at radius 3 is 2.25 bits per heavy atom. The van der Waals surface area contributed by atoms with E-state index in [2.05, 4.69) is 4.18 Å². The minimum atomic E-state index is -4.65. The first-order valence-corrected chi connectivity index (χ1v) is 4.24. The molecule has 0 bridgehead atoms. The molecule has 0 radical (unpaired) electrons. The Balaban J connectivity index is 4.23. The van der Waals surface area contributed by atoms with Crippen molar-refractivity contribution in [3.8, 4) is 0 Å². The molecule has 0 aromatic carbocycles. The van der Waals surface area contributed by atoms with Gasteiger partial charge in [0.05, 0.1) is 0 Å². The summed E-state index contributed by atoms with van der Waals surface area (Å²) >= 11 is 0. The van der Waals surface area contributed by atoms with E-state index >= 15 is 0 Å². The summed E-state index contributed by atoms with van der Waals surface area (Å²) in [5.74, 6) is -1.41. The van der Waals surface area contributed by atoms with E-state index in [1.807, 2.05) is 0 Å². The van der Waals surface area contributed by atoms with Crippen molar-refractivity contribution < 1.29 is 27.1 Å². The predicted octanol–water partition coefficient (Wildman–Crippen LogP) is -1.39. The molecule has 0 spiro atoms. The lowest BCUT2D eigenvalue weighted by atomic mass is 10.2. The van der Waals surface area contributed by atoms with Gasteiger partial charge in [-0.25, -0.2) is 4.18 Å². The Kier molecular flexibility index (Phi) is 3.58. The molecule has 0 aliphatic heterocycles. The molecule has 0 fully saturated rings. The van der Waals surface area contributed by atoms with Crippen LogP contribution in [0.15, 0.2) is 0 Å². The van der Waals surface area contributed by atoms with Crippen molar-refractivity contribution in [3.63, 3.8) is 0 Å². The second-order valence-corrected chi connectivity index (χ2v) is 3.14. The number of carboxylic acid groups (broad SMARTS) is 1. The van der Waals surface area contributed by atoms with Gasteiger partial charge in [0, 0.05) is 0 Å². The monoisotopic (exact) mass is 199 g/mol. The molecular weight excluding hydrogens is 190 g/mol. The fourth-order valence-electron chi connectivity index (χ4n) is 0.452. The van der Waals surface area contributed by atoms with Crippen molar-refractivity contribution in [2.24, 2.45) is 5.73 Å². The first-order valence-electron chi connectivity index (χ1n) is 2.88. The van der Waals surface area contributed by atoms with Gasteiger partial charge in [-0.2, -0.15) is 8.42 Å². The van der Waals surface area contributed by atoms with Crippen LogP contribution in [0.1, 0.15) is 6.92 Å². The van der Waals surface area contributed by atoms with E-state index in [1.54, 1.807) is 0 Å². The molecule has 0 heterocycles. The zero-order chi connectivity index (χ0) is 9.94. The van der Waals surface area contributed by atoms with Crippen LogP contribution in [0.2, 0.25) is 0 Å². The molecule has 72 valence electrons. The third-order valence-electron chi connectivity index (χ3n) is 1.06. The molecule has 8 heteroatoms. The van der Waals surface area contributed by atoms with Gasteiger partial charge in [-0.05, 0) is 6.92 Å². The van der Waals surface area contributed by atoms with Gasteiger partial charge in [0.2, 0.25) is 0 Å². The molecule has 0 rings (SSSR count). The van der Waals surface area contributed by atoms with Crippen LogP contribution >= 0.6 is 0 Å². The molecule has 7 nitrogen and oxygen atoms in total. The normalized spacial score (nSPS) is 16.9. The average molecular weight is 199 g/mol. The topological polar surface area (TPSA) is 127 Å². The van der Waals surface area contributed by atoms with E-state index in [-0.39, 0.29) is 0 Å². The van der Waals surface area contributed by atoms with Gasteiger partial charge in [-0.1, -0.05) is 0 Å². The molecule has 0 aliphatic rings. The number of carbonyl (C=O) groups is 1. The van der Waals surface area contributed by atoms with Gasteiger partial charge in [0.15, 0.2) is 0 Å². The lowest BCUT2D eigenvalue weighted by Gasteiger charge is -2.13. The predicted molar refractivity (Wildman–Crippen MR) is 37.7 cm³/mol. The largest absolute Gasteiger partial charge is 0.480 e. The third-order valence-corrected chi connectivity index (χ3v) is 1.61. The van der Waals surface area contributed by atoms with E-state index in [0.29, 0.717) is 0 Å². The second kappa shape index (κ2) is 3.81. The number of hydrogen-bond acceptors (Lipinski definition) is 5. The van der Waals surface area contributed by atoms with Gasteiger partial charge in [-0.15, -0.1) is 0 Å². The van der Waals surface area contributed by atoms with Gasteiger partial charge < -0.3 is 10.8 Å². The van der Waals surface area contributed by atoms with Crippen molar-refractivity contribution >= 4 is 16.4 Å². The highest BCUT2D eigenvalue weighted by atomic mass is 32.3. The summed E-state index contributed by atoms with van der Waals surface area (Å²) < 4.78 is 32.1. The number of nitrogens with two attached hydrogens (primary N) is 1. The lowest BCUT2D eigenvalue weighted by molar-refractivity contribution is -0.140. The molecule has 4 N–H and O–H groups in total. The Morgan fingerprint density at radius 1 is 1.58 bits per heavy atom. The molecule has 2 atom stereocenters. The van der Waals surface area contributed by atoms with Crippen LogP contribution in [0.3, 0.4) is 0 Å². The average Bonchev–Trinajstić information content (AvgIpc) is 1.82. The third kappa shape index (κ3) is 4.23. The maximum Gasteiger partial charge on any atom is 0.397 e. The molecule has 12 heavy (non-hydrogen) atoms. The maximum absolute atomic E-state index is 10.1. The van der Waals surface area contributed by atoms with Gasteiger partial charge in [-0.3, -0.25) is 9.35 Å². The highest BCUT2D eigenvalue weighted by molar-refractivity contribution is 7.80. The van der Waals surface area contributed by atoms with Crippen molar-refractivity contribution in [1.82, 2.24) is 0 Å². The summed E-state index contributed by atoms with van der Waals surface area (Å²) in [7, 11) is -4.65. The van der Waals surface area contributed by atoms with Crippen molar-refractivity contribution in [1.29, 1.82) is 0 Å². The number of hydrogen-bond donors (Lipinski definition) is 3. The first kappa shape index (κ1) is 11.3. The summed E-state index contributed by atoms with van der Waals surface area (Å²) in [4.78, 5) is 10.1. The lowest BCUT2D eigenvalue weighted by Crippen LogP contribution is -2.42. The minimum Gasteiger partial charge on any atom is -0.480 e. The van der Waals surface area contributed by atoms with Crippen LogP contribution in [0.5, 0.6) is 0 Å². The molecule has 0 unspecified atom stereocenters. The zero-order valence-electron chi connectivity index (χ0n) is 6.17. The Hall–Kier alpha value is -0.700. The fraction of sp³-hybridized carbons (Fsp3) is 0.750. The molecule has 0 amide bonds. The SMILES string of the molecule is C[C@@H](OS(=O)(=O)O)[C@H](N)C(=O)O. The van der Waals surface area contributed by atoms with Gasteiger partial charge in [0.1, 0.15) is 12.1 Å². The molecule has 0 saturated heterocycles. The summed E-state index contributed by atoms with van der Waals surface area (Å²) in [6.07, 6.45) is -1.31. The molecule has 0 aliphatic carbocycles. The standard InChI is InChI=1S/C4H9NO6S/c1-2(3(5)4(6)7)11-12(8,9)10/h2-3H,5H2,1H3,(H,6,7)(H,8,9,10)/t2-,3+/m1/s1. The maximum atomic E-state index is 10.1. The summed E-state index contributed by atoms with van der Waals surface area (Å²) in [5, 5.41) is 8.27.